The zero-order valence-electron chi connectivity index (χ0n) is 9.53. The number of amides is 1. The minimum Gasteiger partial charge on any atom is -0.348 e. The van der Waals surface area contributed by atoms with Crippen LogP contribution in [0.4, 0.5) is 4.39 Å². The molecule has 0 bridgehead atoms. The first-order valence-corrected chi connectivity index (χ1v) is 5.36. The third-order valence-electron chi connectivity index (χ3n) is 2.48. The molecular weight excluding hydrogens is 207 g/mol. The first-order valence-electron chi connectivity index (χ1n) is 5.36. The van der Waals surface area contributed by atoms with Gasteiger partial charge in [-0.2, -0.15) is 0 Å². The molecule has 0 heterocycles. The highest BCUT2D eigenvalue weighted by molar-refractivity contribution is 5.81. The Morgan fingerprint density at radius 3 is 2.81 bits per heavy atom. The summed E-state index contributed by atoms with van der Waals surface area (Å²) in [5, 5.41) is 2.74. The van der Waals surface area contributed by atoms with E-state index in [1.54, 1.807) is 19.1 Å². The fourth-order valence-corrected chi connectivity index (χ4v) is 1.37. The third kappa shape index (κ3) is 3.31. The van der Waals surface area contributed by atoms with Gasteiger partial charge in [0.25, 0.3) is 0 Å². The number of carbonyl (C=O) groups excluding carboxylic acids is 1. The van der Waals surface area contributed by atoms with Gasteiger partial charge in [0.1, 0.15) is 5.82 Å². The second-order valence-corrected chi connectivity index (χ2v) is 3.80. The topological polar surface area (TPSA) is 55.1 Å². The van der Waals surface area contributed by atoms with E-state index in [1.165, 1.54) is 12.1 Å². The van der Waals surface area contributed by atoms with Crippen LogP contribution in [0.15, 0.2) is 24.3 Å². The van der Waals surface area contributed by atoms with Crippen molar-refractivity contribution in [1.29, 1.82) is 0 Å². The molecule has 0 fully saturated rings. The molecule has 0 aliphatic carbocycles. The lowest BCUT2D eigenvalue weighted by Crippen LogP contribution is -2.41. The summed E-state index contributed by atoms with van der Waals surface area (Å²) < 4.78 is 13.0. The van der Waals surface area contributed by atoms with Crippen LogP contribution in [0.5, 0.6) is 0 Å². The van der Waals surface area contributed by atoms with Crippen LogP contribution in [0.3, 0.4) is 0 Å². The number of hydrogen-bond acceptors (Lipinski definition) is 2. The van der Waals surface area contributed by atoms with E-state index in [-0.39, 0.29) is 17.8 Å². The molecule has 1 amide bonds. The molecule has 0 aromatic heterocycles. The van der Waals surface area contributed by atoms with E-state index in [9.17, 15) is 9.18 Å². The second-order valence-electron chi connectivity index (χ2n) is 3.80. The monoisotopic (exact) mass is 224 g/mol. The van der Waals surface area contributed by atoms with Gasteiger partial charge in [-0.15, -0.1) is 0 Å². The molecule has 2 atom stereocenters. The lowest BCUT2D eigenvalue weighted by Gasteiger charge is -2.17. The Morgan fingerprint density at radius 1 is 1.56 bits per heavy atom. The normalized spacial score (nSPS) is 14.2. The first kappa shape index (κ1) is 12.6. The average molecular weight is 224 g/mol. The largest absolute Gasteiger partial charge is 0.348 e. The molecule has 0 aliphatic heterocycles. The third-order valence-corrected chi connectivity index (χ3v) is 2.48. The number of hydrogen-bond donors (Lipinski definition) is 2. The number of halogens is 1. The zero-order chi connectivity index (χ0) is 12.1. The summed E-state index contributed by atoms with van der Waals surface area (Å²) in [4.78, 5) is 11.5. The maximum absolute atomic E-state index is 13.0. The van der Waals surface area contributed by atoms with E-state index in [1.807, 2.05) is 6.92 Å². The molecule has 0 radical (unpaired) electrons. The number of nitrogens with two attached hydrogens (primary N) is 1. The van der Waals surface area contributed by atoms with Crippen LogP contribution in [-0.4, -0.2) is 11.9 Å². The second kappa shape index (κ2) is 5.61. The molecule has 1 aromatic carbocycles. The summed E-state index contributed by atoms with van der Waals surface area (Å²) >= 11 is 0. The molecule has 0 saturated carbocycles. The lowest BCUT2D eigenvalue weighted by atomic mass is 10.1. The first-order chi connectivity index (χ1) is 7.54. The van der Waals surface area contributed by atoms with Crippen molar-refractivity contribution in [3.63, 3.8) is 0 Å². The van der Waals surface area contributed by atoms with Crippen molar-refractivity contribution in [1.82, 2.24) is 5.32 Å². The molecular formula is C12H17FN2O. The highest BCUT2D eigenvalue weighted by atomic mass is 19.1. The van der Waals surface area contributed by atoms with Crippen molar-refractivity contribution in [2.24, 2.45) is 5.73 Å². The van der Waals surface area contributed by atoms with Crippen molar-refractivity contribution in [2.75, 3.05) is 0 Å². The molecule has 1 rings (SSSR count). The van der Waals surface area contributed by atoms with Crippen molar-refractivity contribution >= 4 is 5.91 Å². The molecule has 0 unspecified atom stereocenters. The van der Waals surface area contributed by atoms with E-state index in [0.717, 1.165) is 5.56 Å². The molecule has 0 saturated heterocycles. The number of benzene rings is 1. The Kier molecular flexibility index (Phi) is 4.43. The molecule has 3 N–H and O–H groups in total. The summed E-state index contributed by atoms with van der Waals surface area (Å²) in [5.41, 5.74) is 6.32. The van der Waals surface area contributed by atoms with Gasteiger partial charge in [0.15, 0.2) is 0 Å². The van der Waals surface area contributed by atoms with Crippen LogP contribution in [0, 0.1) is 5.82 Å². The Labute approximate surface area is 94.8 Å². The number of nitrogens with one attached hydrogen (secondary N) is 1. The fourth-order valence-electron chi connectivity index (χ4n) is 1.37. The van der Waals surface area contributed by atoms with E-state index in [4.69, 9.17) is 5.73 Å². The van der Waals surface area contributed by atoms with Crippen LogP contribution in [0.1, 0.15) is 31.9 Å². The quantitative estimate of drug-likeness (QED) is 0.818. The number of rotatable bonds is 4. The Hall–Kier alpha value is -1.42. The summed E-state index contributed by atoms with van der Waals surface area (Å²) in [6, 6.07) is 5.42. The Morgan fingerprint density at radius 2 is 2.25 bits per heavy atom. The molecule has 0 spiro atoms. The van der Waals surface area contributed by atoms with Crippen LogP contribution in [0.25, 0.3) is 0 Å². The van der Waals surface area contributed by atoms with Crippen LogP contribution in [-0.2, 0) is 4.79 Å². The van der Waals surface area contributed by atoms with Gasteiger partial charge in [0, 0.05) is 0 Å². The summed E-state index contributed by atoms with van der Waals surface area (Å²) in [5.74, 6) is -0.516. The van der Waals surface area contributed by atoms with Gasteiger partial charge >= 0.3 is 0 Å². The molecule has 3 nitrogen and oxygen atoms in total. The lowest BCUT2D eigenvalue weighted by molar-refractivity contribution is -0.123. The molecule has 16 heavy (non-hydrogen) atoms. The Balaban J connectivity index is 2.65. The van der Waals surface area contributed by atoms with Crippen LogP contribution in [0.2, 0.25) is 0 Å². The molecule has 88 valence electrons. The van der Waals surface area contributed by atoms with E-state index in [0.29, 0.717) is 6.42 Å². The SMILES string of the molecule is CC[C@H](N)C(=O)N[C@H](C)c1cccc(F)c1. The van der Waals surface area contributed by atoms with Crippen molar-refractivity contribution < 1.29 is 9.18 Å². The predicted octanol–water partition coefficient (Wildman–Crippen LogP) is 1.74. The van der Waals surface area contributed by atoms with Gasteiger partial charge in [-0.3, -0.25) is 4.79 Å². The van der Waals surface area contributed by atoms with Crippen LogP contribution < -0.4 is 11.1 Å². The van der Waals surface area contributed by atoms with Crippen molar-refractivity contribution in [2.45, 2.75) is 32.4 Å². The van der Waals surface area contributed by atoms with E-state index >= 15 is 0 Å². The predicted molar refractivity (Wildman–Crippen MR) is 61.2 cm³/mol. The van der Waals surface area contributed by atoms with E-state index in [2.05, 4.69) is 5.32 Å². The van der Waals surface area contributed by atoms with Crippen LogP contribution >= 0.6 is 0 Å². The molecule has 4 heteroatoms. The average Bonchev–Trinajstić information content (AvgIpc) is 2.27. The highest BCUT2D eigenvalue weighted by Crippen LogP contribution is 2.13. The summed E-state index contributed by atoms with van der Waals surface area (Å²) in [7, 11) is 0. The van der Waals surface area contributed by atoms with Gasteiger partial charge in [0.05, 0.1) is 12.1 Å². The smallest absolute Gasteiger partial charge is 0.237 e. The van der Waals surface area contributed by atoms with Gasteiger partial charge in [-0.05, 0) is 31.0 Å². The fraction of sp³-hybridized carbons (Fsp3) is 0.417. The minimum atomic E-state index is -0.504. The van der Waals surface area contributed by atoms with Crippen molar-refractivity contribution in [3.05, 3.63) is 35.6 Å². The minimum absolute atomic E-state index is 0.209. The highest BCUT2D eigenvalue weighted by Gasteiger charge is 2.14. The summed E-state index contributed by atoms with van der Waals surface area (Å²) in [6.07, 6.45) is 0.585. The summed E-state index contributed by atoms with van der Waals surface area (Å²) in [6.45, 7) is 3.64. The molecule has 1 aromatic rings. The maximum atomic E-state index is 13.0. The maximum Gasteiger partial charge on any atom is 0.237 e. The standard InChI is InChI=1S/C12H17FN2O/c1-3-11(14)12(16)15-8(2)9-5-4-6-10(13)7-9/h4-8,11H,3,14H2,1-2H3,(H,15,16)/t8-,11+/m1/s1. The van der Waals surface area contributed by atoms with Gasteiger partial charge in [0.2, 0.25) is 5.91 Å². The molecule has 0 aliphatic rings. The Bertz CT molecular complexity index is 368. The zero-order valence-corrected chi connectivity index (χ0v) is 9.53. The van der Waals surface area contributed by atoms with E-state index < -0.39 is 6.04 Å². The van der Waals surface area contributed by atoms with Gasteiger partial charge in [-0.1, -0.05) is 19.1 Å². The number of carbonyl (C=O) groups is 1. The van der Waals surface area contributed by atoms with Crippen molar-refractivity contribution in [3.8, 4) is 0 Å². The van der Waals surface area contributed by atoms with Gasteiger partial charge < -0.3 is 11.1 Å². The van der Waals surface area contributed by atoms with Gasteiger partial charge in [-0.25, -0.2) is 4.39 Å².